The fourth-order valence-corrected chi connectivity index (χ4v) is 2.97. The molecule has 2 aromatic heterocycles. The Bertz CT molecular complexity index is 776. The molecule has 0 saturated carbocycles. The van der Waals surface area contributed by atoms with Crippen LogP contribution in [-0.4, -0.2) is 44.3 Å². The van der Waals surface area contributed by atoms with Crippen molar-refractivity contribution in [1.29, 1.82) is 0 Å². The van der Waals surface area contributed by atoms with Crippen molar-refractivity contribution in [3.8, 4) is 0 Å². The van der Waals surface area contributed by atoms with Crippen LogP contribution in [0.15, 0.2) is 36.5 Å². The van der Waals surface area contributed by atoms with Crippen LogP contribution in [0, 0.1) is 0 Å². The van der Waals surface area contributed by atoms with Gasteiger partial charge in [-0.3, -0.25) is 15.0 Å². The van der Waals surface area contributed by atoms with Crippen molar-refractivity contribution in [1.82, 2.24) is 25.3 Å². The molecule has 3 heterocycles. The van der Waals surface area contributed by atoms with Gasteiger partial charge in [-0.15, -0.1) is 0 Å². The molecule has 1 fully saturated rings. The van der Waals surface area contributed by atoms with Crippen LogP contribution in [-0.2, 0) is 0 Å². The summed E-state index contributed by atoms with van der Waals surface area (Å²) in [7, 11) is 0. The highest BCUT2D eigenvalue weighted by molar-refractivity contribution is 6.04. The summed E-state index contributed by atoms with van der Waals surface area (Å²) in [6.07, 6.45) is 2.71. The molecule has 0 aliphatic carbocycles. The lowest BCUT2D eigenvalue weighted by atomic mass is 10.1. The molecule has 3 aromatic rings. The maximum atomic E-state index is 12.7. The predicted molar refractivity (Wildman–Crippen MR) is 77.9 cm³/mol. The number of nitrogens with one attached hydrogen (secondary N) is 2. The summed E-state index contributed by atoms with van der Waals surface area (Å²) in [5.74, 6) is 0.330. The Balaban J connectivity index is 1.58. The number of aromatic amines is 2. The molecule has 4 rings (SSSR count). The van der Waals surface area contributed by atoms with Crippen LogP contribution >= 0.6 is 0 Å². The molecule has 0 bridgehead atoms. The van der Waals surface area contributed by atoms with Gasteiger partial charge in [0.1, 0.15) is 0 Å². The first-order valence-corrected chi connectivity index (χ1v) is 7.04. The molecule has 1 aromatic carbocycles. The van der Waals surface area contributed by atoms with Gasteiger partial charge in [-0.2, -0.15) is 10.2 Å². The van der Waals surface area contributed by atoms with Gasteiger partial charge in [-0.25, -0.2) is 0 Å². The Labute approximate surface area is 121 Å². The first kappa shape index (κ1) is 12.1. The Morgan fingerprint density at radius 2 is 2.14 bits per heavy atom. The molecule has 1 unspecified atom stereocenters. The molecule has 21 heavy (non-hydrogen) atoms. The lowest BCUT2D eigenvalue weighted by Crippen LogP contribution is -2.29. The number of rotatable bonds is 2. The van der Waals surface area contributed by atoms with Gasteiger partial charge in [0.2, 0.25) is 0 Å². The number of para-hydroxylation sites is 1. The van der Waals surface area contributed by atoms with Crippen LogP contribution in [0.2, 0.25) is 0 Å². The third-order valence-electron chi connectivity index (χ3n) is 4.11. The number of aromatic nitrogens is 4. The van der Waals surface area contributed by atoms with Gasteiger partial charge >= 0.3 is 0 Å². The van der Waals surface area contributed by atoms with E-state index in [4.69, 9.17) is 0 Å². The summed E-state index contributed by atoms with van der Waals surface area (Å²) in [5, 5.41) is 15.0. The predicted octanol–water partition coefficient (Wildman–Crippen LogP) is 1.92. The Hall–Kier alpha value is -2.63. The summed E-state index contributed by atoms with van der Waals surface area (Å²) in [4.78, 5) is 14.5. The number of carbonyl (C=O) groups excluding carboxylic acids is 1. The van der Waals surface area contributed by atoms with Crippen LogP contribution in [0.1, 0.15) is 28.5 Å². The number of hydrogen-bond acceptors (Lipinski definition) is 3. The third kappa shape index (κ3) is 1.99. The minimum absolute atomic E-state index is 0.00512. The zero-order valence-electron chi connectivity index (χ0n) is 11.4. The monoisotopic (exact) mass is 281 g/mol. The average molecular weight is 281 g/mol. The van der Waals surface area contributed by atoms with Crippen LogP contribution in [0.4, 0.5) is 0 Å². The topological polar surface area (TPSA) is 77.7 Å². The third-order valence-corrected chi connectivity index (χ3v) is 4.11. The lowest BCUT2D eigenvalue weighted by Gasteiger charge is -2.14. The number of benzene rings is 1. The van der Waals surface area contributed by atoms with Gasteiger partial charge in [0.05, 0.1) is 5.52 Å². The molecule has 106 valence electrons. The van der Waals surface area contributed by atoms with Gasteiger partial charge in [-0.05, 0) is 18.6 Å². The van der Waals surface area contributed by atoms with Crippen LogP contribution in [0.25, 0.3) is 10.9 Å². The molecule has 6 heteroatoms. The van der Waals surface area contributed by atoms with Crippen molar-refractivity contribution in [2.24, 2.45) is 0 Å². The van der Waals surface area contributed by atoms with Crippen molar-refractivity contribution < 1.29 is 4.79 Å². The minimum Gasteiger partial charge on any atom is -0.337 e. The van der Waals surface area contributed by atoms with Crippen molar-refractivity contribution in [3.05, 3.63) is 47.9 Å². The van der Waals surface area contributed by atoms with Crippen LogP contribution in [0.3, 0.4) is 0 Å². The summed E-state index contributed by atoms with van der Waals surface area (Å²) < 4.78 is 0. The molecule has 1 aliphatic rings. The maximum absolute atomic E-state index is 12.7. The van der Waals surface area contributed by atoms with E-state index in [-0.39, 0.29) is 5.91 Å². The number of amides is 1. The van der Waals surface area contributed by atoms with Crippen molar-refractivity contribution in [2.75, 3.05) is 13.1 Å². The molecular formula is C15H15N5O. The van der Waals surface area contributed by atoms with Gasteiger partial charge < -0.3 is 4.90 Å². The largest absolute Gasteiger partial charge is 0.337 e. The SMILES string of the molecule is O=C(c1n[nH]c2ccccc12)N1CCC(c2ccn[nH]2)C1. The number of hydrogen-bond donors (Lipinski definition) is 2. The summed E-state index contributed by atoms with van der Waals surface area (Å²) in [5.41, 5.74) is 2.50. The summed E-state index contributed by atoms with van der Waals surface area (Å²) >= 11 is 0. The summed E-state index contributed by atoms with van der Waals surface area (Å²) in [6, 6.07) is 9.68. The van der Waals surface area contributed by atoms with E-state index in [1.807, 2.05) is 35.2 Å². The lowest BCUT2D eigenvalue weighted by molar-refractivity contribution is 0.0786. The molecule has 2 N–H and O–H groups in total. The zero-order chi connectivity index (χ0) is 14.2. The highest BCUT2D eigenvalue weighted by atomic mass is 16.2. The van der Waals surface area contributed by atoms with E-state index in [0.29, 0.717) is 18.2 Å². The van der Waals surface area contributed by atoms with Gasteiger partial charge in [0, 0.05) is 36.3 Å². The van der Waals surface area contributed by atoms with E-state index in [1.165, 1.54) is 0 Å². The number of nitrogens with zero attached hydrogens (tertiary/aromatic N) is 3. The fraction of sp³-hybridized carbons (Fsp3) is 0.267. The average Bonchev–Trinajstić information content (AvgIpc) is 3.25. The minimum atomic E-state index is -0.00512. The van der Waals surface area contributed by atoms with Crippen LogP contribution in [0.5, 0.6) is 0 Å². The van der Waals surface area contributed by atoms with E-state index >= 15 is 0 Å². The normalized spacial score (nSPS) is 18.5. The number of fused-ring (bicyclic) bond motifs is 1. The van der Waals surface area contributed by atoms with E-state index in [0.717, 1.165) is 29.6 Å². The van der Waals surface area contributed by atoms with Gasteiger partial charge in [0.25, 0.3) is 5.91 Å². The maximum Gasteiger partial charge on any atom is 0.275 e. The molecule has 1 aliphatic heterocycles. The smallest absolute Gasteiger partial charge is 0.275 e. The van der Waals surface area contributed by atoms with Crippen molar-refractivity contribution in [2.45, 2.75) is 12.3 Å². The number of likely N-dealkylation sites (tertiary alicyclic amines) is 1. The molecule has 1 amide bonds. The molecular weight excluding hydrogens is 266 g/mol. The Morgan fingerprint density at radius 3 is 3.00 bits per heavy atom. The molecule has 1 saturated heterocycles. The van der Waals surface area contributed by atoms with Crippen molar-refractivity contribution >= 4 is 16.8 Å². The fourth-order valence-electron chi connectivity index (χ4n) is 2.97. The van der Waals surface area contributed by atoms with Crippen molar-refractivity contribution in [3.63, 3.8) is 0 Å². The Morgan fingerprint density at radius 1 is 1.24 bits per heavy atom. The second kappa shape index (κ2) is 4.73. The van der Waals surface area contributed by atoms with Crippen LogP contribution < -0.4 is 0 Å². The van der Waals surface area contributed by atoms with Gasteiger partial charge in [0.15, 0.2) is 5.69 Å². The molecule has 1 atom stereocenters. The van der Waals surface area contributed by atoms with E-state index in [2.05, 4.69) is 20.4 Å². The highest BCUT2D eigenvalue weighted by Gasteiger charge is 2.30. The first-order chi connectivity index (χ1) is 10.3. The standard InChI is InChI=1S/C15H15N5O/c21-15(14-11-3-1-2-4-13(11)18-19-14)20-8-6-10(9-20)12-5-7-16-17-12/h1-5,7,10H,6,8-9H2,(H,16,17)(H,18,19). The number of H-pyrrole nitrogens is 2. The zero-order valence-corrected chi connectivity index (χ0v) is 11.4. The summed E-state index contributed by atoms with van der Waals surface area (Å²) in [6.45, 7) is 1.46. The quantitative estimate of drug-likeness (QED) is 0.753. The van der Waals surface area contributed by atoms with E-state index in [9.17, 15) is 4.79 Å². The second-order valence-electron chi connectivity index (χ2n) is 5.37. The van der Waals surface area contributed by atoms with E-state index in [1.54, 1.807) is 6.20 Å². The molecule has 6 nitrogen and oxygen atoms in total. The number of carbonyl (C=O) groups is 1. The second-order valence-corrected chi connectivity index (χ2v) is 5.37. The highest BCUT2D eigenvalue weighted by Crippen LogP contribution is 2.27. The first-order valence-electron chi connectivity index (χ1n) is 7.04. The van der Waals surface area contributed by atoms with Gasteiger partial charge in [-0.1, -0.05) is 18.2 Å². The Kier molecular flexibility index (Phi) is 2.73. The molecule has 0 radical (unpaired) electrons. The van der Waals surface area contributed by atoms with E-state index < -0.39 is 0 Å². The molecule has 0 spiro atoms.